The molecule has 0 bridgehead atoms. The monoisotopic (exact) mass is 195 g/mol. The van der Waals surface area contributed by atoms with Gasteiger partial charge in [0.2, 0.25) is 0 Å². The number of hydrogen-bond donors (Lipinski definition) is 0. The molecule has 74 valence electrons. The van der Waals surface area contributed by atoms with Gasteiger partial charge in [0, 0.05) is 18.0 Å². The van der Waals surface area contributed by atoms with Crippen molar-refractivity contribution in [2.24, 2.45) is 0 Å². The van der Waals surface area contributed by atoms with Crippen molar-refractivity contribution in [3.8, 4) is 11.1 Å². The Bertz CT molecular complexity index is 446. The van der Waals surface area contributed by atoms with Gasteiger partial charge in [0.1, 0.15) is 0 Å². The largest absolute Gasteiger partial charge is 0.264 e. The van der Waals surface area contributed by atoms with Crippen molar-refractivity contribution in [1.29, 1.82) is 0 Å². The van der Waals surface area contributed by atoms with Crippen LogP contribution in [0.4, 0.5) is 0 Å². The molecular weight excluding hydrogens is 182 g/mol. The average molecular weight is 195 g/mol. The lowest BCUT2D eigenvalue weighted by Gasteiger charge is -2.02. The van der Waals surface area contributed by atoms with Gasteiger partial charge in [-0.3, -0.25) is 4.98 Å². The van der Waals surface area contributed by atoms with Gasteiger partial charge in [-0.15, -0.1) is 6.58 Å². The molecule has 1 aromatic heterocycles. The fourth-order valence-electron chi connectivity index (χ4n) is 1.55. The lowest BCUT2D eigenvalue weighted by atomic mass is 10.1. The molecule has 0 aliphatic carbocycles. The molecule has 2 rings (SSSR count). The van der Waals surface area contributed by atoms with Gasteiger partial charge >= 0.3 is 0 Å². The molecule has 1 nitrogen and oxygen atoms in total. The Balaban J connectivity index is 2.37. The van der Waals surface area contributed by atoms with Crippen LogP contribution in [0.5, 0.6) is 0 Å². The molecule has 0 aliphatic rings. The van der Waals surface area contributed by atoms with E-state index in [-0.39, 0.29) is 0 Å². The summed E-state index contributed by atoms with van der Waals surface area (Å²) >= 11 is 0. The summed E-state index contributed by atoms with van der Waals surface area (Å²) in [6, 6.07) is 12.4. The van der Waals surface area contributed by atoms with Crippen LogP contribution in [0.15, 0.2) is 61.4 Å². The van der Waals surface area contributed by atoms with Crippen LogP contribution < -0.4 is 0 Å². The van der Waals surface area contributed by atoms with Crippen molar-refractivity contribution in [2.45, 2.75) is 6.42 Å². The van der Waals surface area contributed by atoms with Gasteiger partial charge in [-0.25, -0.2) is 0 Å². The highest BCUT2D eigenvalue weighted by molar-refractivity contribution is 5.62. The van der Waals surface area contributed by atoms with Gasteiger partial charge in [-0.2, -0.15) is 0 Å². The van der Waals surface area contributed by atoms with Crippen molar-refractivity contribution < 1.29 is 0 Å². The first-order valence-electron chi connectivity index (χ1n) is 5.00. The van der Waals surface area contributed by atoms with Gasteiger partial charge in [0.25, 0.3) is 0 Å². The highest BCUT2D eigenvalue weighted by Gasteiger charge is 1.97. The van der Waals surface area contributed by atoms with Gasteiger partial charge < -0.3 is 0 Å². The van der Waals surface area contributed by atoms with E-state index in [1.807, 2.05) is 36.7 Å². The van der Waals surface area contributed by atoms with Crippen LogP contribution in [0, 0.1) is 0 Å². The quantitative estimate of drug-likeness (QED) is 0.683. The van der Waals surface area contributed by atoms with Crippen LogP contribution in [-0.4, -0.2) is 4.98 Å². The maximum absolute atomic E-state index is 4.23. The molecular formula is C14H13N. The number of hydrogen-bond acceptors (Lipinski definition) is 1. The molecule has 0 saturated carbocycles. The van der Waals surface area contributed by atoms with E-state index < -0.39 is 0 Å². The highest BCUT2D eigenvalue weighted by atomic mass is 14.6. The summed E-state index contributed by atoms with van der Waals surface area (Å²) < 4.78 is 0. The molecule has 0 fully saturated rings. The summed E-state index contributed by atoms with van der Waals surface area (Å²) in [6.45, 7) is 3.73. The molecule has 0 atom stereocenters. The third-order valence-electron chi connectivity index (χ3n) is 2.28. The van der Waals surface area contributed by atoms with Gasteiger partial charge in [-0.1, -0.05) is 36.4 Å². The standard InChI is InChI=1S/C14H13N/c1-2-6-12-9-14(11-15-10-12)13-7-4-3-5-8-13/h2-5,7-11H,1,6H2. The molecule has 0 aliphatic heterocycles. The first-order valence-corrected chi connectivity index (χ1v) is 5.00. The molecule has 1 heteroatoms. The minimum atomic E-state index is 0.869. The van der Waals surface area contributed by atoms with Crippen LogP contribution in [0.1, 0.15) is 5.56 Å². The maximum Gasteiger partial charge on any atom is 0.0346 e. The van der Waals surface area contributed by atoms with Crippen LogP contribution in [0.2, 0.25) is 0 Å². The van der Waals surface area contributed by atoms with Crippen molar-refractivity contribution in [3.05, 3.63) is 67.0 Å². The Morgan fingerprint density at radius 1 is 1.07 bits per heavy atom. The third-order valence-corrected chi connectivity index (χ3v) is 2.28. The molecule has 0 spiro atoms. The number of allylic oxidation sites excluding steroid dienone is 1. The molecule has 1 aromatic carbocycles. The summed E-state index contributed by atoms with van der Waals surface area (Å²) in [5, 5.41) is 0. The first-order chi connectivity index (χ1) is 7.40. The molecule has 0 saturated heterocycles. The zero-order valence-electron chi connectivity index (χ0n) is 8.56. The van der Waals surface area contributed by atoms with E-state index in [0.29, 0.717) is 0 Å². The summed E-state index contributed by atoms with van der Waals surface area (Å²) in [4.78, 5) is 4.23. The number of rotatable bonds is 3. The maximum atomic E-state index is 4.23. The Labute approximate surface area is 90.1 Å². The number of benzene rings is 1. The molecule has 1 heterocycles. The molecule has 15 heavy (non-hydrogen) atoms. The van der Waals surface area contributed by atoms with Crippen molar-refractivity contribution in [2.75, 3.05) is 0 Å². The van der Waals surface area contributed by atoms with E-state index in [1.54, 1.807) is 0 Å². The Morgan fingerprint density at radius 3 is 2.60 bits per heavy atom. The van der Waals surface area contributed by atoms with Crippen LogP contribution in [0.3, 0.4) is 0 Å². The van der Waals surface area contributed by atoms with E-state index in [2.05, 4.69) is 29.8 Å². The summed E-state index contributed by atoms with van der Waals surface area (Å²) in [5.41, 5.74) is 3.57. The number of pyridine rings is 1. The fraction of sp³-hybridized carbons (Fsp3) is 0.0714. The average Bonchev–Trinajstić information content (AvgIpc) is 2.31. The van der Waals surface area contributed by atoms with E-state index >= 15 is 0 Å². The zero-order valence-corrected chi connectivity index (χ0v) is 8.56. The predicted molar refractivity (Wildman–Crippen MR) is 63.6 cm³/mol. The number of nitrogens with zero attached hydrogens (tertiary/aromatic N) is 1. The van der Waals surface area contributed by atoms with Crippen molar-refractivity contribution in [1.82, 2.24) is 4.98 Å². The second kappa shape index (κ2) is 4.56. The summed E-state index contributed by atoms with van der Waals surface area (Å²) in [7, 11) is 0. The van der Waals surface area contributed by atoms with Crippen molar-refractivity contribution >= 4 is 0 Å². The molecule has 0 N–H and O–H groups in total. The van der Waals surface area contributed by atoms with Gasteiger partial charge in [0.05, 0.1) is 0 Å². The molecule has 2 aromatic rings. The third kappa shape index (κ3) is 2.32. The molecule has 0 radical (unpaired) electrons. The van der Waals surface area contributed by atoms with Crippen molar-refractivity contribution in [3.63, 3.8) is 0 Å². The SMILES string of the molecule is C=CCc1cncc(-c2ccccc2)c1. The topological polar surface area (TPSA) is 12.9 Å². The predicted octanol–water partition coefficient (Wildman–Crippen LogP) is 3.48. The molecule has 0 unspecified atom stereocenters. The van der Waals surface area contributed by atoms with E-state index in [4.69, 9.17) is 0 Å². The van der Waals surface area contributed by atoms with Crippen LogP contribution >= 0.6 is 0 Å². The first kappa shape index (κ1) is 9.66. The second-order valence-corrected chi connectivity index (χ2v) is 3.44. The van der Waals surface area contributed by atoms with Crippen LogP contribution in [-0.2, 0) is 6.42 Å². The van der Waals surface area contributed by atoms with Crippen LogP contribution in [0.25, 0.3) is 11.1 Å². The minimum absolute atomic E-state index is 0.869. The van der Waals surface area contributed by atoms with Gasteiger partial charge in [-0.05, 0) is 23.6 Å². The second-order valence-electron chi connectivity index (χ2n) is 3.44. The lowest BCUT2D eigenvalue weighted by molar-refractivity contribution is 1.19. The summed E-state index contributed by atoms with van der Waals surface area (Å²) in [5.74, 6) is 0. The molecule has 0 amide bonds. The highest BCUT2D eigenvalue weighted by Crippen LogP contribution is 2.18. The van der Waals surface area contributed by atoms with E-state index in [1.165, 1.54) is 11.1 Å². The minimum Gasteiger partial charge on any atom is -0.264 e. The summed E-state index contributed by atoms with van der Waals surface area (Å²) in [6.07, 6.45) is 6.54. The lowest BCUT2D eigenvalue weighted by Crippen LogP contribution is -1.85. The Hall–Kier alpha value is -1.89. The van der Waals surface area contributed by atoms with E-state index in [0.717, 1.165) is 12.0 Å². The smallest absolute Gasteiger partial charge is 0.0346 e. The fourth-order valence-corrected chi connectivity index (χ4v) is 1.55. The Kier molecular flexibility index (Phi) is 2.93. The zero-order chi connectivity index (χ0) is 10.5. The Morgan fingerprint density at radius 2 is 1.87 bits per heavy atom. The van der Waals surface area contributed by atoms with Gasteiger partial charge in [0.15, 0.2) is 0 Å². The normalized spacial score (nSPS) is 9.87. The van der Waals surface area contributed by atoms with E-state index in [9.17, 15) is 0 Å². The number of aromatic nitrogens is 1.